The molecule has 0 spiro atoms. The Labute approximate surface area is 140 Å². The summed E-state index contributed by atoms with van der Waals surface area (Å²) in [6.07, 6.45) is -5.00. The van der Waals surface area contributed by atoms with E-state index in [2.05, 4.69) is 4.74 Å². The van der Waals surface area contributed by atoms with Crippen LogP contribution in [0.5, 0.6) is 5.75 Å². The fourth-order valence-electron chi connectivity index (χ4n) is 1.91. The molecule has 0 aliphatic carbocycles. The standard InChI is InChI=1S/C17H11F3O5/c1-24-16(23)12-4-2-3-5-13(12)25-15(22)11-8-6-10(7-9-11)14(21)17(18,19)20/h2-9H,1H3. The molecule has 0 unspecified atom stereocenters. The quantitative estimate of drug-likeness (QED) is 0.479. The van der Waals surface area contributed by atoms with Gasteiger partial charge in [-0.25, -0.2) is 9.59 Å². The van der Waals surface area contributed by atoms with E-state index >= 15 is 0 Å². The Bertz CT molecular complexity index is 810. The van der Waals surface area contributed by atoms with Crippen molar-refractivity contribution in [2.24, 2.45) is 0 Å². The average Bonchev–Trinajstić information content (AvgIpc) is 2.60. The number of alkyl halides is 3. The number of methoxy groups -OCH3 is 1. The Morgan fingerprint density at radius 2 is 1.40 bits per heavy atom. The predicted molar refractivity (Wildman–Crippen MR) is 79.6 cm³/mol. The van der Waals surface area contributed by atoms with Gasteiger partial charge >= 0.3 is 18.1 Å². The summed E-state index contributed by atoms with van der Waals surface area (Å²) in [6.45, 7) is 0. The van der Waals surface area contributed by atoms with E-state index in [1.807, 2.05) is 0 Å². The van der Waals surface area contributed by atoms with Crippen LogP contribution in [0.2, 0.25) is 0 Å². The Morgan fingerprint density at radius 3 is 1.96 bits per heavy atom. The van der Waals surface area contributed by atoms with Crippen molar-refractivity contribution in [3.63, 3.8) is 0 Å². The van der Waals surface area contributed by atoms with Gasteiger partial charge in [0.2, 0.25) is 0 Å². The summed E-state index contributed by atoms with van der Waals surface area (Å²) in [7, 11) is 1.16. The number of halogens is 3. The average molecular weight is 352 g/mol. The highest BCUT2D eigenvalue weighted by Crippen LogP contribution is 2.23. The van der Waals surface area contributed by atoms with Crippen LogP contribution in [0.25, 0.3) is 0 Å². The number of rotatable bonds is 4. The van der Waals surface area contributed by atoms with Crippen molar-refractivity contribution in [2.45, 2.75) is 6.18 Å². The first-order valence-electron chi connectivity index (χ1n) is 6.85. The molecule has 5 nitrogen and oxygen atoms in total. The maximum Gasteiger partial charge on any atom is 0.454 e. The van der Waals surface area contributed by atoms with Crippen molar-refractivity contribution in [3.05, 3.63) is 65.2 Å². The molecule has 0 aliphatic heterocycles. The van der Waals surface area contributed by atoms with Crippen LogP contribution in [0.1, 0.15) is 31.1 Å². The first-order valence-corrected chi connectivity index (χ1v) is 6.85. The van der Waals surface area contributed by atoms with E-state index in [0.29, 0.717) is 0 Å². The summed E-state index contributed by atoms with van der Waals surface area (Å²) < 4.78 is 46.7. The Balaban J connectivity index is 2.20. The minimum absolute atomic E-state index is 0.0159. The lowest BCUT2D eigenvalue weighted by atomic mass is 10.1. The van der Waals surface area contributed by atoms with Gasteiger partial charge < -0.3 is 9.47 Å². The molecule has 0 fully saturated rings. The number of benzene rings is 2. The van der Waals surface area contributed by atoms with Crippen molar-refractivity contribution >= 4 is 17.7 Å². The van der Waals surface area contributed by atoms with Gasteiger partial charge in [-0.2, -0.15) is 13.2 Å². The number of esters is 2. The first kappa shape index (κ1) is 18.2. The lowest BCUT2D eigenvalue weighted by molar-refractivity contribution is -0.0885. The molecule has 0 radical (unpaired) electrons. The zero-order valence-electron chi connectivity index (χ0n) is 12.8. The molecule has 0 aromatic heterocycles. The number of carbonyl (C=O) groups is 3. The van der Waals surface area contributed by atoms with Gasteiger partial charge in [0.1, 0.15) is 11.3 Å². The third-order valence-corrected chi connectivity index (χ3v) is 3.14. The van der Waals surface area contributed by atoms with Gasteiger partial charge in [0.05, 0.1) is 12.7 Å². The summed E-state index contributed by atoms with van der Waals surface area (Å²) in [5, 5.41) is 0. The smallest absolute Gasteiger partial charge is 0.454 e. The number of hydrogen-bond donors (Lipinski definition) is 0. The number of carbonyl (C=O) groups excluding carboxylic acids is 3. The predicted octanol–water partition coefficient (Wildman–Crippen LogP) is 3.44. The maximum atomic E-state index is 12.4. The summed E-state index contributed by atoms with van der Waals surface area (Å²) in [5.74, 6) is -3.69. The number of hydrogen-bond acceptors (Lipinski definition) is 5. The van der Waals surface area contributed by atoms with Crippen molar-refractivity contribution in [1.29, 1.82) is 0 Å². The van der Waals surface area contributed by atoms with Gasteiger partial charge in [0.15, 0.2) is 0 Å². The van der Waals surface area contributed by atoms with E-state index in [1.54, 1.807) is 6.07 Å². The molecule has 2 aromatic carbocycles. The second-order valence-corrected chi connectivity index (χ2v) is 4.78. The lowest BCUT2D eigenvalue weighted by Crippen LogP contribution is -2.22. The van der Waals surface area contributed by atoms with Gasteiger partial charge in [-0.1, -0.05) is 24.3 Å². The molecule has 130 valence electrons. The van der Waals surface area contributed by atoms with Crippen LogP contribution in [0.15, 0.2) is 48.5 Å². The van der Waals surface area contributed by atoms with E-state index in [-0.39, 0.29) is 16.9 Å². The van der Waals surface area contributed by atoms with E-state index < -0.39 is 29.5 Å². The second kappa shape index (κ2) is 7.16. The molecule has 0 amide bonds. The molecular weight excluding hydrogens is 341 g/mol. The van der Waals surface area contributed by atoms with Gasteiger partial charge in [0, 0.05) is 5.56 Å². The number of ketones is 1. The first-order chi connectivity index (χ1) is 11.7. The normalized spacial score (nSPS) is 10.9. The largest absolute Gasteiger partial charge is 0.465 e. The summed E-state index contributed by atoms with van der Waals surface area (Å²) in [6, 6.07) is 9.63. The van der Waals surface area contributed by atoms with Crippen LogP contribution in [0.3, 0.4) is 0 Å². The van der Waals surface area contributed by atoms with Crippen LogP contribution in [0.4, 0.5) is 13.2 Å². The zero-order valence-corrected chi connectivity index (χ0v) is 12.8. The van der Waals surface area contributed by atoms with Gasteiger partial charge in [-0.3, -0.25) is 4.79 Å². The van der Waals surface area contributed by atoms with Crippen LogP contribution < -0.4 is 4.74 Å². The van der Waals surface area contributed by atoms with E-state index in [1.165, 1.54) is 18.2 Å². The minimum atomic E-state index is -5.00. The summed E-state index contributed by atoms with van der Waals surface area (Å²) >= 11 is 0. The lowest BCUT2D eigenvalue weighted by Gasteiger charge is -2.09. The van der Waals surface area contributed by atoms with E-state index in [0.717, 1.165) is 31.4 Å². The molecule has 0 N–H and O–H groups in total. The van der Waals surface area contributed by atoms with E-state index in [4.69, 9.17) is 4.74 Å². The minimum Gasteiger partial charge on any atom is -0.465 e. The van der Waals surface area contributed by atoms with Crippen LogP contribution >= 0.6 is 0 Å². The molecule has 2 aromatic rings. The molecule has 8 heteroatoms. The Kier molecular flexibility index (Phi) is 5.21. The molecule has 0 atom stereocenters. The molecule has 25 heavy (non-hydrogen) atoms. The SMILES string of the molecule is COC(=O)c1ccccc1OC(=O)c1ccc(C(=O)C(F)(F)F)cc1. The Morgan fingerprint density at radius 1 is 0.840 bits per heavy atom. The van der Waals surface area contributed by atoms with Gasteiger partial charge in [-0.05, 0) is 24.3 Å². The molecule has 0 aliphatic rings. The fraction of sp³-hybridized carbons (Fsp3) is 0.118. The third kappa shape index (κ3) is 4.23. The molecule has 0 saturated carbocycles. The van der Waals surface area contributed by atoms with Crippen LogP contribution in [-0.2, 0) is 4.74 Å². The van der Waals surface area contributed by atoms with Crippen LogP contribution in [0, 0.1) is 0 Å². The van der Waals surface area contributed by atoms with Crippen molar-refractivity contribution in [1.82, 2.24) is 0 Å². The van der Waals surface area contributed by atoms with Gasteiger partial charge in [0.25, 0.3) is 5.78 Å². The highest BCUT2D eigenvalue weighted by molar-refractivity contribution is 6.01. The molecule has 2 rings (SSSR count). The van der Waals surface area contributed by atoms with Crippen molar-refractivity contribution in [2.75, 3.05) is 7.11 Å². The summed E-state index contributed by atoms with van der Waals surface area (Å²) in [5.41, 5.74) is -0.667. The number of para-hydroxylation sites is 1. The third-order valence-electron chi connectivity index (χ3n) is 3.14. The topological polar surface area (TPSA) is 69.7 Å². The summed E-state index contributed by atoms with van der Waals surface area (Å²) in [4.78, 5) is 34.8. The fourth-order valence-corrected chi connectivity index (χ4v) is 1.91. The van der Waals surface area contributed by atoms with Crippen molar-refractivity contribution < 1.29 is 37.0 Å². The maximum absolute atomic E-state index is 12.4. The molecular formula is C17H11F3O5. The number of ether oxygens (including phenoxy) is 2. The van der Waals surface area contributed by atoms with E-state index in [9.17, 15) is 27.6 Å². The second-order valence-electron chi connectivity index (χ2n) is 4.78. The highest BCUT2D eigenvalue weighted by Gasteiger charge is 2.39. The zero-order chi connectivity index (χ0) is 18.6. The molecule has 0 saturated heterocycles. The molecule has 0 heterocycles. The van der Waals surface area contributed by atoms with Gasteiger partial charge in [-0.15, -0.1) is 0 Å². The Hall–Kier alpha value is -3.16. The highest BCUT2D eigenvalue weighted by atomic mass is 19.4. The number of Topliss-reactive ketones (excluding diaryl/α,β-unsaturated/α-hetero) is 1. The van der Waals surface area contributed by atoms with Crippen LogP contribution in [-0.4, -0.2) is 31.0 Å². The monoisotopic (exact) mass is 352 g/mol. The van der Waals surface area contributed by atoms with Crippen molar-refractivity contribution in [3.8, 4) is 5.75 Å². The molecule has 0 bridgehead atoms.